The highest BCUT2D eigenvalue weighted by Gasteiger charge is 2.11. The van der Waals surface area contributed by atoms with Crippen LogP contribution in [0.25, 0.3) is 33.2 Å². The normalized spacial score (nSPS) is 9.88. The summed E-state index contributed by atoms with van der Waals surface area (Å²) in [5.74, 6) is 0. The summed E-state index contributed by atoms with van der Waals surface area (Å²) < 4.78 is 4.28. The van der Waals surface area contributed by atoms with Gasteiger partial charge in [0, 0.05) is 48.8 Å². The van der Waals surface area contributed by atoms with E-state index in [1.165, 1.54) is 10.8 Å². The molecule has 0 aliphatic heterocycles. The van der Waals surface area contributed by atoms with Crippen molar-refractivity contribution in [1.29, 1.82) is 0 Å². The molecule has 0 saturated heterocycles. The van der Waals surface area contributed by atoms with Crippen LogP contribution < -0.4 is 33.9 Å². The average molecular weight is 485 g/mol. The largest absolute Gasteiger partial charge is 1.00 e. The molecule has 0 aliphatic carbocycles. The Balaban J connectivity index is 0.000000180. The van der Waals surface area contributed by atoms with Crippen molar-refractivity contribution < 1.29 is 33.9 Å². The number of benzene rings is 2. The molecular formula is C28H22Cl2N4. The van der Waals surface area contributed by atoms with Gasteiger partial charge in [-0.05, 0) is 24.3 Å². The molecule has 2 aromatic carbocycles. The van der Waals surface area contributed by atoms with Crippen LogP contribution in [-0.2, 0) is 0 Å². The number of aromatic nitrogens is 4. The van der Waals surface area contributed by atoms with Gasteiger partial charge in [0.05, 0.1) is 23.2 Å². The topological polar surface area (TPSA) is 33.5 Å². The maximum Gasteiger partial charge on any atom is 0.236 e. The van der Waals surface area contributed by atoms with E-state index < -0.39 is 0 Å². The number of hydrogen-bond donors (Lipinski definition) is 0. The van der Waals surface area contributed by atoms with Crippen LogP contribution in [-0.4, -0.2) is 9.97 Å². The van der Waals surface area contributed by atoms with Gasteiger partial charge in [0.15, 0.2) is 12.4 Å². The van der Waals surface area contributed by atoms with Gasteiger partial charge in [-0.15, -0.1) is 0 Å². The predicted octanol–water partition coefficient (Wildman–Crippen LogP) is -0.969. The number of para-hydroxylation sites is 2. The number of halogens is 2. The van der Waals surface area contributed by atoms with E-state index in [0.29, 0.717) is 0 Å². The molecule has 0 spiro atoms. The molecule has 0 N–H and O–H groups in total. The third-order valence-electron chi connectivity index (χ3n) is 5.28. The average Bonchev–Trinajstić information content (AvgIpc) is 2.89. The van der Waals surface area contributed by atoms with E-state index in [1.807, 2.05) is 73.3 Å². The fraction of sp³-hybridized carbons (Fsp3) is 0. The van der Waals surface area contributed by atoms with Crippen LogP contribution in [0.3, 0.4) is 0 Å². The molecule has 0 atom stereocenters. The SMILES string of the molecule is [Cl-].[Cl-].c1ccc(-[n+]2cccc3ccncc32)cc1.c1ccc(-[n+]2cccc3ccncc32)cc1. The minimum atomic E-state index is 0. The standard InChI is InChI=1S/2C14H11N2.2ClH/c2*1-2-6-13(7-3-1)16-10-4-5-12-8-9-15-11-14(12)16;;/h2*1-11H;2*1H/q2*+1;;/p-2. The van der Waals surface area contributed by atoms with Gasteiger partial charge in [0.2, 0.25) is 22.4 Å². The highest BCUT2D eigenvalue weighted by atomic mass is 35.5. The van der Waals surface area contributed by atoms with Gasteiger partial charge in [-0.3, -0.25) is 9.97 Å². The molecule has 0 aliphatic rings. The zero-order chi connectivity index (χ0) is 21.6. The highest BCUT2D eigenvalue weighted by Crippen LogP contribution is 2.10. The first-order valence-corrected chi connectivity index (χ1v) is 10.5. The van der Waals surface area contributed by atoms with Crippen LogP contribution in [0, 0.1) is 0 Å². The summed E-state index contributed by atoms with van der Waals surface area (Å²) in [6, 6.07) is 32.9. The summed E-state index contributed by atoms with van der Waals surface area (Å²) in [7, 11) is 0. The van der Waals surface area contributed by atoms with Crippen LogP contribution in [0.1, 0.15) is 0 Å². The Bertz CT molecular complexity index is 1350. The minimum absolute atomic E-state index is 0. The molecule has 6 heteroatoms. The third-order valence-corrected chi connectivity index (χ3v) is 5.28. The van der Waals surface area contributed by atoms with Gasteiger partial charge >= 0.3 is 0 Å². The third kappa shape index (κ3) is 5.37. The van der Waals surface area contributed by atoms with E-state index >= 15 is 0 Å². The molecule has 0 bridgehead atoms. The van der Waals surface area contributed by atoms with Gasteiger partial charge in [-0.25, -0.2) is 0 Å². The molecule has 0 fully saturated rings. The molecule has 0 amide bonds. The van der Waals surface area contributed by atoms with E-state index in [0.717, 1.165) is 22.4 Å². The lowest BCUT2D eigenvalue weighted by atomic mass is 10.2. The molecule has 34 heavy (non-hydrogen) atoms. The first-order valence-electron chi connectivity index (χ1n) is 10.5. The van der Waals surface area contributed by atoms with Crippen molar-refractivity contribution in [2.45, 2.75) is 0 Å². The summed E-state index contributed by atoms with van der Waals surface area (Å²) in [5, 5.41) is 2.39. The molecular weight excluding hydrogens is 463 g/mol. The van der Waals surface area contributed by atoms with Gasteiger partial charge in [0.1, 0.15) is 0 Å². The molecule has 4 heterocycles. The Labute approximate surface area is 211 Å². The molecule has 4 nitrogen and oxygen atoms in total. The van der Waals surface area contributed by atoms with E-state index in [2.05, 4.69) is 80.0 Å². The second-order valence-electron chi connectivity index (χ2n) is 7.30. The zero-order valence-corrected chi connectivity index (χ0v) is 19.8. The fourth-order valence-electron chi connectivity index (χ4n) is 3.73. The van der Waals surface area contributed by atoms with Crippen molar-refractivity contribution in [2.24, 2.45) is 0 Å². The van der Waals surface area contributed by atoms with Crippen molar-refractivity contribution in [3.05, 3.63) is 134 Å². The Hall–Kier alpha value is -3.86. The number of nitrogens with zero attached hydrogens (tertiary/aromatic N) is 4. The van der Waals surface area contributed by atoms with Gasteiger partial charge < -0.3 is 24.8 Å². The number of fused-ring (bicyclic) bond motifs is 2. The van der Waals surface area contributed by atoms with Gasteiger partial charge in [-0.2, -0.15) is 9.13 Å². The van der Waals surface area contributed by atoms with E-state index in [1.54, 1.807) is 0 Å². The van der Waals surface area contributed by atoms with Gasteiger partial charge in [-0.1, -0.05) is 36.4 Å². The summed E-state index contributed by atoms with van der Waals surface area (Å²) in [6.07, 6.45) is 11.5. The van der Waals surface area contributed by atoms with E-state index in [9.17, 15) is 0 Å². The number of hydrogen-bond acceptors (Lipinski definition) is 2. The van der Waals surface area contributed by atoms with Crippen LogP contribution in [0.5, 0.6) is 0 Å². The Morgan fingerprint density at radius 1 is 0.441 bits per heavy atom. The van der Waals surface area contributed by atoms with E-state index in [-0.39, 0.29) is 24.8 Å². The van der Waals surface area contributed by atoms with Crippen molar-refractivity contribution in [1.82, 2.24) is 9.97 Å². The smallest absolute Gasteiger partial charge is 0.236 e. The lowest BCUT2D eigenvalue weighted by molar-refractivity contribution is -0.567. The molecule has 0 saturated carbocycles. The summed E-state index contributed by atoms with van der Waals surface area (Å²) in [6.45, 7) is 0. The van der Waals surface area contributed by atoms with Crippen LogP contribution in [0.2, 0.25) is 0 Å². The summed E-state index contributed by atoms with van der Waals surface area (Å²) in [4.78, 5) is 8.36. The molecule has 0 unspecified atom stereocenters. The second-order valence-corrected chi connectivity index (χ2v) is 7.30. The first-order chi connectivity index (χ1) is 15.9. The lowest BCUT2D eigenvalue weighted by Gasteiger charge is -1.98. The number of pyridine rings is 4. The van der Waals surface area contributed by atoms with Crippen LogP contribution >= 0.6 is 0 Å². The molecule has 6 rings (SSSR count). The van der Waals surface area contributed by atoms with Crippen molar-refractivity contribution in [2.75, 3.05) is 0 Å². The maximum atomic E-state index is 4.18. The Morgan fingerprint density at radius 2 is 0.853 bits per heavy atom. The van der Waals surface area contributed by atoms with Crippen molar-refractivity contribution in [3.63, 3.8) is 0 Å². The quantitative estimate of drug-likeness (QED) is 0.296. The molecule has 6 aromatic rings. The van der Waals surface area contributed by atoms with Crippen LogP contribution in [0.4, 0.5) is 0 Å². The zero-order valence-electron chi connectivity index (χ0n) is 18.2. The van der Waals surface area contributed by atoms with Crippen LogP contribution in [0.15, 0.2) is 134 Å². The second kappa shape index (κ2) is 11.8. The first kappa shape index (κ1) is 24.8. The number of rotatable bonds is 2. The summed E-state index contributed by atoms with van der Waals surface area (Å²) in [5.41, 5.74) is 4.55. The Kier molecular flexibility index (Phi) is 8.63. The molecule has 168 valence electrons. The molecule has 4 aromatic heterocycles. The summed E-state index contributed by atoms with van der Waals surface area (Å²) >= 11 is 0. The lowest BCUT2D eigenvalue weighted by Crippen LogP contribution is -3.00. The maximum absolute atomic E-state index is 4.18. The minimum Gasteiger partial charge on any atom is -1.00 e. The van der Waals surface area contributed by atoms with E-state index in [4.69, 9.17) is 0 Å². The van der Waals surface area contributed by atoms with Gasteiger partial charge in [0.25, 0.3) is 0 Å². The van der Waals surface area contributed by atoms with Crippen molar-refractivity contribution in [3.8, 4) is 11.4 Å². The molecule has 0 radical (unpaired) electrons. The monoisotopic (exact) mass is 484 g/mol. The fourth-order valence-corrected chi connectivity index (χ4v) is 3.73. The Morgan fingerprint density at radius 3 is 1.26 bits per heavy atom. The predicted molar refractivity (Wildman–Crippen MR) is 127 cm³/mol. The highest BCUT2D eigenvalue weighted by molar-refractivity contribution is 5.75. The van der Waals surface area contributed by atoms with Crippen molar-refractivity contribution >= 4 is 21.8 Å².